The summed E-state index contributed by atoms with van der Waals surface area (Å²) < 4.78 is 5.08. The van der Waals surface area contributed by atoms with Crippen LogP contribution in [0.25, 0.3) is 0 Å². The van der Waals surface area contributed by atoms with Gasteiger partial charge in [-0.25, -0.2) is 0 Å². The van der Waals surface area contributed by atoms with Crippen molar-refractivity contribution in [3.63, 3.8) is 0 Å². The van der Waals surface area contributed by atoms with E-state index in [-0.39, 0.29) is 6.10 Å². The number of rotatable bonds is 1. The van der Waals surface area contributed by atoms with E-state index in [9.17, 15) is 5.11 Å². The highest BCUT2D eigenvalue weighted by Gasteiger charge is 2.29. The molecule has 0 aromatic rings. The average molecular weight is 177 g/mol. The van der Waals surface area contributed by atoms with Crippen molar-refractivity contribution in [2.45, 2.75) is 31.5 Å². The molecule has 64 valence electrons. The molecule has 0 unspecified atom stereocenters. The van der Waals surface area contributed by atoms with Crippen LogP contribution in [0.15, 0.2) is 11.1 Å². The van der Waals surface area contributed by atoms with Gasteiger partial charge >= 0.3 is 0 Å². The summed E-state index contributed by atoms with van der Waals surface area (Å²) in [6.07, 6.45) is 2.97. The van der Waals surface area contributed by atoms with Crippen LogP contribution in [0.2, 0.25) is 0 Å². The Balaban J connectivity index is 2.68. The molecule has 0 saturated heterocycles. The van der Waals surface area contributed by atoms with Crippen LogP contribution in [0.4, 0.5) is 0 Å². The second-order valence-corrected chi connectivity index (χ2v) is 3.75. The van der Waals surface area contributed by atoms with Gasteiger partial charge in [-0.15, -0.1) is 0 Å². The molecule has 0 amide bonds. The van der Waals surface area contributed by atoms with Crippen molar-refractivity contribution < 1.29 is 9.84 Å². The first kappa shape index (κ1) is 9.04. The Morgan fingerprint density at radius 2 is 2.45 bits per heavy atom. The quantitative estimate of drug-likeness (QED) is 0.659. The minimum Gasteiger partial charge on any atom is -0.390 e. The van der Waals surface area contributed by atoms with E-state index in [2.05, 4.69) is 0 Å². The second kappa shape index (κ2) is 3.13. The first-order valence-electron chi connectivity index (χ1n) is 3.65. The molecule has 1 rings (SSSR count). The zero-order valence-corrected chi connectivity index (χ0v) is 7.56. The van der Waals surface area contributed by atoms with Gasteiger partial charge in [-0.05, 0) is 13.0 Å². The van der Waals surface area contributed by atoms with Gasteiger partial charge in [0.05, 0.1) is 11.7 Å². The van der Waals surface area contributed by atoms with Crippen molar-refractivity contribution >= 4 is 11.6 Å². The molecule has 2 atom stereocenters. The lowest BCUT2D eigenvalue weighted by Gasteiger charge is -2.30. The molecule has 0 fully saturated rings. The Hall–Kier alpha value is -0.0500. The molecule has 2 nitrogen and oxygen atoms in total. The maximum Gasteiger partial charge on any atom is 0.0793 e. The van der Waals surface area contributed by atoms with Crippen molar-refractivity contribution in [3.05, 3.63) is 11.1 Å². The van der Waals surface area contributed by atoms with Gasteiger partial charge in [-0.1, -0.05) is 11.6 Å². The molecule has 0 aromatic carbocycles. The lowest BCUT2D eigenvalue weighted by Crippen LogP contribution is -2.33. The molecule has 1 N–H and O–H groups in total. The minimum absolute atomic E-state index is 0.0359. The monoisotopic (exact) mass is 176 g/mol. The smallest absolute Gasteiger partial charge is 0.0793 e. The summed E-state index contributed by atoms with van der Waals surface area (Å²) in [5, 5.41) is 10.3. The molecule has 0 aromatic heterocycles. The Labute approximate surface area is 71.8 Å². The van der Waals surface area contributed by atoms with E-state index in [1.807, 2.05) is 6.08 Å². The number of methoxy groups -OCH3 is 1. The fourth-order valence-corrected chi connectivity index (χ4v) is 1.77. The predicted molar refractivity (Wildman–Crippen MR) is 44.6 cm³/mol. The summed E-state index contributed by atoms with van der Waals surface area (Å²) in [6.45, 7) is 1.77. The normalized spacial score (nSPS) is 38.5. The third-order valence-corrected chi connectivity index (χ3v) is 2.12. The van der Waals surface area contributed by atoms with E-state index < -0.39 is 5.60 Å². The maximum absolute atomic E-state index is 9.64. The van der Waals surface area contributed by atoms with Crippen LogP contribution in [-0.4, -0.2) is 23.9 Å². The Bertz CT molecular complexity index is 175. The number of halogens is 1. The number of aliphatic hydroxyl groups is 1. The molecule has 1 aliphatic carbocycles. The van der Waals surface area contributed by atoms with Crippen LogP contribution in [0, 0.1) is 0 Å². The fourth-order valence-electron chi connectivity index (χ4n) is 1.34. The molecule has 0 bridgehead atoms. The SMILES string of the molecule is CO[C@H]1C=C(Cl)C[C@](C)(O)C1. The summed E-state index contributed by atoms with van der Waals surface area (Å²) in [5.74, 6) is 0. The van der Waals surface area contributed by atoms with Gasteiger partial charge in [0.2, 0.25) is 0 Å². The molecule has 0 heterocycles. The van der Waals surface area contributed by atoms with Gasteiger partial charge in [-0.3, -0.25) is 0 Å². The van der Waals surface area contributed by atoms with Gasteiger partial charge in [0.25, 0.3) is 0 Å². The largest absolute Gasteiger partial charge is 0.390 e. The zero-order chi connectivity index (χ0) is 8.48. The Morgan fingerprint density at radius 1 is 1.82 bits per heavy atom. The molecular weight excluding hydrogens is 164 g/mol. The van der Waals surface area contributed by atoms with Crippen molar-refractivity contribution in [2.24, 2.45) is 0 Å². The summed E-state index contributed by atoms with van der Waals surface area (Å²) in [7, 11) is 1.62. The van der Waals surface area contributed by atoms with Crippen molar-refractivity contribution in [1.82, 2.24) is 0 Å². The lowest BCUT2D eigenvalue weighted by atomic mass is 9.89. The van der Waals surface area contributed by atoms with Gasteiger partial charge < -0.3 is 9.84 Å². The molecule has 0 spiro atoms. The van der Waals surface area contributed by atoms with Crippen LogP contribution in [0.3, 0.4) is 0 Å². The zero-order valence-electron chi connectivity index (χ0n) is 6.80. The lowest BCUT2D eigenvalue weighted by molar-refractivity contribution is -0.00318. The summed E-state index contributed by atoms with van der Waals surface area (Å²) in [5.41, 5.74) is -0.702. The first-order valence-corrected chi connectivity index (χ1v) is 4.03. The summed E-state index contributed by atoms with van der Waals surface area (Å²) in [4.78, 5) is 0. The summed E-state index contributed by atoms with van der Waals surface area (Å²) in [6, 6.07) is 0. The standard InChI is InChI=1S/C8H13ClO2/c1-8(10)4-6(9)3-7(5-8)11-2/h3,7,10H,4-5H2,1-2H3/t7-,8-/m0/s1. The maximum atomic E-state index is 9.64. The topological polar surface area (TPSA) is 29.5 Å². The van der Waals surface area contributed by atoms with Crippen molar-refractivity contribution in [2.75, 3.05) is 7.11 Å². The third-order valence-electron chi connectivity index (χ3n) is 1.86. The number of hydrogen-bond donors (Lipinski definition) is 1. The van der Waals surface area contributed by atoms with E-state index in [1.165, 1.54) is 0 Å². The fraction of sp³-hybridized carbons (Fsp3) is 0.750. The summed E-state index contributed by atoms with van der Waals surface area (Å²) >= 11 is 5.80. The molecule has 3 heteroatoms. The molecule has 0 radical (unpaired) electrons. The Morgan fingerprint density at radius 3 is 2.91 bits per heavy atom. The molecular formula is C8H13ClO2. The second-order valence-electron chi connectivity index (χ2n) is 3.27. The van der Waals surface area contributed by atoms with Crippen LogP contribution in [-0.2, 0) is 4.74 Å². The molecule has 11 heavy (non-hydrogen) atoms. The third kappa shape index (κ3) is 2.47. The van der Waals surface area contributed by atoms with Gasteiger partial charge in [0, 0.05) is 25.0 Å². The van der Waals surface area contributed by atoms with E-state index >= 15 is 0 Å². The van der Waals surface area contributed by atoms with Crippen molar-refractivity contribution in [3.8, 4) is 0 Å². The highest BCUT2D eigenvalue weighted by Crippen LogP contribution is 2.30. The van der Waals surface area contributed by atoms with Crippen molar-refractivity contribution in [1.29, 1.82) is 0 Å². The van der Waals surface area contributed by atoms with Gasteiger partial charge in [0.15, 0.2) is 0 Å². The Kier molecular flexibility index (Phi) is 2.58. The van der Waals surface area contributed by atoms with Crippen LogP contribution in [0.5, 0.6) is 0 Å². The van der Waals surface area contributed by atoms with E-state index in [4.69, 9.17) is 16.3 Å². The highest BCUT2D eigenvalue weighted by molar-refractivity contribution is 6.29. The first-order chi connectivity index (χ1) is 5.03. The van der Waals surface area contributed by atoms with Crippen LogP contribution >= 0.6 is 11.6 Å². The highest BCUT2D eigenvalue weighted by atomic mass is 35.5. The average Bonchev–Trinajstić information content (AvgIpc) is 1.83. The van der Waals surface area contributed by atoms with Gasteiger partial charge in [0.1, 0.15) is 0 Å². The van der Waals surface area contributed by atoms with Crippen LogP contribution in [0.1, 0.15) is 19.8 Å². The molecule has 0 aliphatic heterocycles. The minimum atomic E-state index is -0.702. The molecule has 0 saturated carbocycles. The van der Waals surface area contributed by atoms with E-state index in [0.717, 1.165) is 0 Å². The van der Waals surface area contributed by atoms with E-state index in [0.29, 0.717) is 17.9 Å². The van der Waals surface area contributed by atoms with Gasteiger partial charge in [-0.2, -0.15) is 0 Å². The van der Waals surface area contributed by atoms with E-state index in [1.54, 1.807) is 14.0 Å². The van der Waals surface area contributed by atoms with Crippen LogP contribution < -0.4 is 0 Å². The number of ether oxygens (including phenoxy) is 1. The molecule has 1 aliphatic rings. The number of hydrogen-bond acceptors (Lipinski definition) is 2. The predicted octanol–water partition coefficient (Wildman–Crippen LogP) is 1.67.